The summed E-state index contributed by atoms with van der Waals surface area (Å²) < 4.78 is 11.1. The van der Waals surface area contributed by atoms with Crippen molar-refractivity contribution in [3.8, 4) is 11.5 Å². The molecule has 3 nitrogen and oxygen atoms in total. The molecule has 0 radical (unpaired) electrons. The fourth-order valence-electron chi connectivity index (χ4n) is 2.28. The van der Waals surface area contributed by atoms with Crippen molar-refractivity contribution in [2.24, 2.45) is 5.92 Å². The van der Waals surface area contributed by atoms with E-state index in [4.69, 9.17) is 9.47 Å². The summed E-state index contributed by atoms with van der Waals surface area (Å²) in [5.74, 6) is 2.46. The molecule has 1 fully saturated rings. The summed E-state index contributed by atoms with van der Waals surface area (Å²) in [7, 11) is 1.67. The maximum atomic E-state index is 5.97. The van der Waals surface area contributed by atoms with E-state index >= 15 is 0 Å². The minimum Gasteiger partial charge on any atom is -0.497 e. The average Bonchev–Trinajstić information content (AvgIpc) is 2.40. The molecule has 0 aromatic heterocycles. The lowest BCUT2D eigenvalue weighted by Crippen LogP contribution is -2.35. The zero-order valence-corrected chi connectivity index (χ0v) is 10.6. The van der Waals surface area contributed by atoms with Crippen LogP contribution in [0.4, 0.5) is 0 Å². The predicted octanol–water partition coefficient (Wildman–Crippen LogP) is 2.46. The van der Waals surface area contributed by atoms with Crippen LogP contribution in [0.5, 0.6) is 11.5 Å². The third kappa shape index (κ3) is 3.37. The van der Waals surface area contributed by atoms with E-state index in [0.29, 0.717) is 5.92 Å². The lowest BCUT2D eigenvalue weighted by Gasteiger charge is -2.28. The van der Waals surface area contributed by atoms with Crippen molar-refractivity contribution < 1.29 is 9.47 Å². The molecule has 0 aliphatic carbocycles. The van der Waals surface area contributed by atoms with Gasteiger partial charge in [0.25, 0.3) is 0 Å². The van der Waals surface area contributed by atoms with Gasteiger partial charge in [-0.25, -0.2) is 0 Å². The fourth-order valence-corrected chi connectivity index (χ4v) is 2.28. The molecular formula is C14H21NO2. The summed E-state index contributed by atoms with van der Waals surface area (Å²) in [4.78, 5) is 0. The van der Waals surface area contributed by atoms with E-state index < -0.39 is 0 Å². The summed E-state index contributed by atoms with van der Waals surface area (Å²) in [5.41, 5.74) is 0. The maximum Gasteiger partial charge on any atom is 0.119 e. The van der Waals surface area contributed by atoms with Crippen LogP contribution < -0.4 is 14.8 Å². The van der Waals surface area contributed by atoms with Gasteiger partial charge in [-0.15, -0.1) is 0 Å². The Hall–Kier alpha value is -1.22. The highest BCUT2D eigenvalue weighted by atomic mass is 16.5. The Morgan fingerprint density at radius 1 is 1.12 bits per heavy atom. The molecule has 0 bridgehead atoms. The van der Waals surface area contributed by atoms with Crippen molar-refractivity contribution in [2.45, 2.75) is 25.9 Å². The van der Waals surface area contributed by atoms with Crippen LogP contribution in [-0.4, -0.2) is 26.3 Å². The second-order valence-electron chi connectivity index (χ2n) is 4.59. The largest absolute Gasteiger partial charge is 0.497 e. The zero-order valence-electron chi connectivity index (χ0n) is 10.6. The summed E-state index contributed by atoms with van der Waals surface area (Å²) in [5, 5.41) is 3.38. The fraction of sp³-hybridized carbons (Fsp3) is 0.571. The standard InChI is InChI=1S/C14H21NO2/c1-11(12-7-9-15-10-8-12)17-14-5-3-13(16-2)4-6-14/h3-6,11-12,15H,7-10H2,1-2H3. The Balaban J connectivity index is 1.89. The van der Waals surface area contributed by atoms with Crippen LogP contribution in [-0.2, 0) is 0 Å². The number of benzene rings is 1. The van der Waals surface area contributed by atoms with Crippen LogP contribution >= 0.6 is 0 Å². The zero-order chi connectivity index (χ0) is 12.1. The maximum absolute atomic E-state index is 5.97. The van der Waals surface area contributed by atoms with Crippen LogP contribution in [0.25, 0.3) is 0 Å². The predicted molar refractivity (Wildman–Crippen MR) is 68.7 cm³/mol. The molecule has 0 amide bonds. The molecule has 1 atom stereocenters. The van der Waals surface area contributed by atoms with Crippen molar-refractivity contribution in [2.75, 3.05) is 20.2 Å². The Morgan fingerprint density at radius 3 is 2.29 bits per heavy atom. The van der Waals surface area contributed by atoms with Gasteiger partial charge in [0.15, 0.2) is 0 Å². The molecule has 2 rings (SSSR count). The van der Waals surface area contributed by atoms with Crippen LogP contribution in [0, 0.1) is 5.92 Å². The van der Waals surface area contributed by atoms with Crippen molar-refractivity contribution in [1.29, 1.82) is 0 Å². The number of ether oxygens (including phenoxy) is 2. The Bertz CT molecular complexity index is 331. The van der Waals surface area contributed by atoms with Gasteiger partial charge in [0.2, 0.25) is 0 Å². The van der Waals surface area contributed by atoms with Crippen molar-refractivity contribution >= 4 is 0 Å². The van der Waals surface area contributed by atoms with Crippen molar-refractivity contribution in [3.63, 3.8) is 0 Å². The van der Waals surface area contributed by atoms with Crippen molar-refractivity contribution in [1.82, 2.24) is 5.32 Å². The Kier molecular flexibility index (Phi) is 4.26. The molecule has 17 heavy (non-hydrogen) atoms. The first-order valence-corrected chi connectivity index (χ1v) is 6.31. The van der Waals surface area contributed by atoms with E-state index in [-0.39, 0.29) is 6.10 Å². The lowest BCUT2D eigenvalue weighted by molar-refractivity contribution is 0.128. The first-order chi connectivity index (χ1) is 8.29. The van der Waals surface area contributed by atoms with Gasteiger partial charge in [0, 0.05) is 0 Å². The molecule has 1 aromatic rings. The minimum absolute atomic E-state index is 0.283. The van der Waals surface area contributed by atoms with Gasteiger partial charge in [-0.1, -0.05) is 0 Å². The molecule has 0 spiro atoms. The molecule has 1 N–H and O–H groups in total. The molecule has 1 saturated heterocycles. The summed E-state index contributed by atoms with van der Waals surface area (Å²) in [6, 6.07) is 7.81. The van der Waals surface area contributed by atoms with Gasteiger partial charge in [-0.05, 0) is 63.0 Å². The topological polar surface area (TPSA) is 30.5 Å². The molecule has 1 aliphatic rings. The number of piperidine rings is 1. The molecule has 0 saturated carbocycles. The van der Waals surface area contributed by atoms with E-state index in [1.54, 1.807) is 7.11 Å². The Labute approximate surface area is 103 Å². The number of methoxy groups -OCH3 is 1. The first kappa shape index (κ1) is 12.2. The van der Waals surface area contributed by atoms with Crippen LogP contribution in [0.2, 0.25) is 0 Å². The number of nitrogens with one attached hydrogen (secondary N) is 1. The van der Waals surface area contributed by atoms with Crippen molar-refractivity contribution in [3.05, 3.63) is 24.3 Å². The lowest BCUT2D eigenvalue weighted by atomic mass is 9.93. The van der Waals surface area contributed by atoms with Gasteiger partial charge < -0.3 is 14.8 Å². The van der Waals surface area contributed by atoms with E-state index in [0.717, 1.165) is 24.6 Å². The minimum atomic E-state index is 0.283. The molecule has 3 heteroatoms. The number of hydrogen-bond donors (Lipinski definition) is 1. The number of rotatable bonds is 4. The second kappa shape index (κ2) is 5.92. The third-order valence-corrected chi connectivity index (χ3v) is 3.43. The van der Waals surface area contributed by atoms with E-state index in [2.05, 4.69) is 12.2 Å². The van der Waals surface area contributed by atoms with Crippen LogP contribution in [0.15, 0.2) is 24.3 Å². The van der Waals surface area contributed by atoms with Gasteiger partial charge in [0.05, 0.1) is 13.2 Å². The van der Waals surface area contributed by atoms with Gasteiger partial charge in [-0.2, -0.15) is 0 Å². The SMILES string of the molecule is COc1ccc(OC(C)C2CCNCC2)cc1. The normalized spacial score (nSPS) is 18.7. The van der Waals surface area contributed by atoms with Gasteiger partial charge in [0.1, 0.15) is 11.5 Å². The second-order valence-corrected chi connectivity index (χ2v) is 4.59. The molecule has 1 heterocycles. The molecule has 1 unspecified atom stereocenters. The monoisotopic (exact) mass is 235 g/mol. The highest BCUT2D eigenvalue weighted by molar-refractivity contribution is 5.31. The van der Waals surface area contributed by atoms with Gasteiger partial charge >= 0.3 is 0 Å². The van der Waals surface area contributed by atoms with E-state index in [9.17, 15) is 0 Å². The van der Waals surface area contributed by atoms with Crippen LogP contribution in [0.3, 0.4) is 0 Å². The highest BCUT2D eigenvalue weighted by Gasteiger charge is 2.21. The smallest absolute Gasteiger partial charge is 0.119 e. The third-order valence-electron chi connectivity index (χ3n) is 3.43. The first-order valence-electron chi connectivity index (χ1n) is 6.31. The van der Waals surface area contributed by atoms with Gasteiger partial charge in [-0.3, -0.25) is 0 Å². The summed E-state index contributed by atoms with van der Waals surface area (Å²) >= 11 is 0. The number of hydrogen-bond acceptors (Lipinski definition) is 3. The quantitative estimate of drug-likeness (QED) is 0.869. The highest BCUT2D eigenvalue weighted by Crippen LogP contribution is 2.23. The molecule has 94 valence electrons. The molecule has 1 aromatic carbocycles. The Morgan fingerprint density at radius 2 is 1.71 bits per heavy atom. The average molecular weight is 235 g/mol. The van der Waals surface area contributed by atoms with E-state index in [1.165, 1.54) is 12.8 Å². The van der Waals surface area contributed by atoms with Crippen LogP contribution in [0.1, 0.15) is 19.8 Å². The molecule has 1 aliphatic heterocycles. The summed E-state index contributed by atoms with van der Waals surface area (Å²) in [6.07, 6.45) is 2.69. The summed E-state index contributed by atoms with van der Waals surface area (Å²) in [6.45, 7) is 4.39. The van der Waals surface area contributed by atoms with E-state index in [1.807, 2.05) is 24.3 Å². The molecular weight excluding hydrogens is 214 g/mol.